The Morgan fingerprint density at radius 1 is 1.33 bits per heavy atom. The number of rotatable bonds is 2. The number of amides is 1. The smallest absolute Gasteiger partial charge is 0.256 e. The molecule has 2 rings (SSSR count). The van der Waals surface area contributed by atoms with Crippen LogP contribution in [0, 0.1) is 11.8 Å². The molecule has 1 saturated heterocycles. The van der Waals surface area contributed by atoms with Crippen molar-refractivity contribution in [2.75, 3.05) is 25.5 Å². The SMILES string of the molecule is CNc1ccc(Cl)cc1C(=O)N1CC(C)C(C)C1. The minimum absolute atomic E-state index is 0.0676. The first-order chi connectivity index (χ1) is 8.52. The highest BCUT2D eigenvalue weighted by molar-refractivity contribution is 6.31. The molecule has 0 aliphatic carbocycles. The number of nitrogens with zero attached hydrogens (tertiary/aromatic N) is 1. The summed E-state index contributed by atoms with van der Waals surface area (Å²) in [6.45, 7) is 6.04. The Balaban J connectivity index is 2.26. The zero-order chi connectivity index (χ0) is 13.3. The summed E-state index contributed by atoms with van der Waals surface area (Å²) in [7, 11) is 1.81. The molecular formula is C14H19ClN2O. The van der Waals surface area contributed by atoms with E-state index in [1.54, 1.807) is 12.1 Å². The normalized spacial score (nSPS) is 23.2. The first-order valence-electron chi connectivity index (χ1n) is 6.29. The van der Waals surface area contributed by atoms with E-state index < -0.39 is 0 Å². The van der Waals surface area contributed by atoms with E-state index in [1.807, 2.05) is 18.0 Å². The second-order valence-corrected chi connectivity index (χ2v) is 5.54. The second-order valence-electron chi connectivity index (χ2n) is 5.10. The number of carbonyl (C=O) groups excluding carboxylic acids is 1. The van der Waals surface area contributed by atoms with Gasteiger partial charge >= 0.3 is 0 Å². The molecule has 2 atom stereocenters. The molecule has 0 spiro atoms. The summed E-state index contributed by atoms with van der Waals surface area (Å²) in [5.41, 5.74) is 1.49. The molecule has 4 heteroatoms. The number of carbonyl (C=O) groups is 1. The third-order valence-electron chi connectivity index (χ3n) is 3.76. The zero-order valence-corrected chi connectivity index (χ0v) is 11.8. The molecular weight excluding hydrogens is 248 g/mol. The van der Waals surface area contributed by atoms with Crippen LogP contribution in [0.3, 0.4) is 0 Å². The van der Waals surface area contributed by atoms with Crippen LogP contribution >= 0.6 is 11.6 Å². The van der Waals surface area contributed by atoms with Crippen molar-refractivity contribution in [3.05, 3.63) is 28.8 Å². The Morgan fingerprint density at radius 2 is 1.94 bits per heavy atom. The number of hydrogen-bond acceptors (Lipinski definition) is 2. The van der Waals surface area contributed by atoms with Gasteiger partial charge in [-0.25, -0.2) is 0 Å². The van der Waals surface area contributed by atoms with Gasteiger partial charge in [0, 0.05) is 30.8 Å². The summed E-state index contributed by atoms with van der Waals surface area (Å²) in [6.07, 6.45) is 0. The van der Waals surface area contributed by atoms with Gasteiger partial charge in [-0.05, 0) is 30.0 Å². The van der Waals surface area contributed by atoms with E-state index in [9.17, 15) is 4.79 Å². The molecule has 3 nitrogen and oxygen atoms in total. The fourth-order valence-corrected chi connectivity index (χ4v) is 2.55. The maximum atomic E-state index is 12.5. The second kappa shape index (κ2) is 5.19. The molecule has 1 aromatic rings. The molecule has 0 aromatic heterocycles. The maximum absolute atomic E-state index is 12.5. The first kappa shape index (κ1) is 13.2. The minimum atomic E-state index is 0.0676. The van der Waals surface area contributed by atoms with Crippen LogP contribution in [0.25, 0.3) is 0 Å². The summed E-state index contributed by atoms with van der Waals surface area (Å²) >= 11 is 5.98. The van der Waals surface area contributed by atoms with E-state index in [0.29, 0.717) is 22.4 Å². The number of likely N-dealkylation sites (tertiary alicyclic amines) is 1. The van der Waals surface area contributed by atoms with Crippen LogP contribution in [0.5, 0.6) is 0 Å². The summed E-state index contributed by atoms with van der Waals surface area (Å²) in [4.78, 5) is 14.4. The largest absolute Gasteiger partial charge is 0.387 e. The Kier molecular flexibility index (Phi) is 3.81. The predicted octanol–water partition coefficient (Wildman–Crippen LogP) is 3.11. The van der Waals surface area contributed by atoms with E-state index >= 15 is 0 Å². The molecule has 1 fully saturated rings. The third-order valence-corrected chi connectivity index (χ3v) is 3.99. The number of halogens is 1. The van der Waals surface area contributed by atoms with Crippen molar-refractivity contribution in [2.45, 2.75) is 13.8 Å². The average Bonchev–Trinajstić information content (AvgIpc) is 2.68. The van der Waals surface area contributed by atoms with Gasteiger partial charge in [0.2, 0.25) is 0 Å². The fraction of sp³-hybridized carbons (Fsp3) is 0.500. The molecule has 0 saturated carbocycles. The lowest BCUT2D eigenvalue weighted by atomic mass is 10.0. The van der Waals surface area contributed by atoms with E-state index in [4.69, 9.17) is 11.6 Å². The van der Waals surface area contributed by atoms with Crippen LogP contribution in [0.4, 0.5) is 5.69 Å². The van der Waals surface area contributed by atoms with Gasteiger partial charge in [-0.1, -0.05) is 25.4 Å². The molecule has 18 heavy (non-hydrogen) atoms. The lowest BCUT2D eigenvalue weighted by Gasteiger charge is -2.18. The first-order valence-corrected chi connectivity index (χ1v) is 6.67. The van der Waals surface area contributed by atoms with Gasteiger partial charge < -0.3 is 10.2 Å². The molecule has 1 N–H and O–H groups in total. The number of hydrogen-bond donors (Lipinski definition) is 1. The van der Waals surface area contributed by atoms with Gasteiger partial charge in [0.15, 0.2) is 0 Å². The molecule has 1 aliphatic rings. The van der Waals surface area contributed by atoms with E-state index in [0.717, 1.165) is 18.8 Å². The van der Waals surface area contributed by atoms with Crippen molar-refractivity contribution in [2.24, 2.45) is 11.8 Å². The average molecular weight is 267 g/mol. The van der Waals surface area contributed by atoms with Crippen molar-refractivity contribution in [1.82, 2.24) is 4.90 Å². The molecule has 2 unspecified atom stereocenters. The molecule has 0 bridgehead atoms. The molecule has 1 heterocycles. The highest BCUT2D eigenvalue weighted by Crippen LogP contribution is 2.27. The predicted molar refractivity (Wildman–Crippen MR) is 75.2 cm³/mol. The number of nitrogens with one attached hydrogen (secondary N) is 1. The van der Waals surface area contributed by atoms with Crippen LogP contribution in [0.2, 0.25) is 5.02 Å². The van der Waals surface area contributed by atoms with Crippen LogP contribution in [0.1, 0.15) is 24.2 Å². The lowest BCUT2D eigenvalue weighted by molar-refractivity contribution is 0.0786. The Hall–Kier alpha value is -1.22. The van der Waals surface area contributed by atoms with Gasteiger partial charge in [0.05, 0.1) is 5.56 Å². The topological polar surface area (TPSA) is 32.3 Å². The van der Waals surface area contributed by atoms with Crippen LogP contribution in [0.15, 0.2) is 18.2 Å². The van der Waals surface area contributed by atoms with Gasteiger partial charge in [0.25, 0.3) is 5.91 Å². The quantitative estimate of drug-likeness (QED) is 0.892. The summed E-state index contributed by atoms with van der Waals surface area (Å²) in [6, 6.07) is 5.38. The van der Waals surface area contributed by atoms with Gasteiger partial charge in [-0.15, -0.1) is 0 Å². The van der Waals surface area contributed by atoms with Crippen molar-refractivity contribution >= 4 is 23.2 Å². The standard InChI is InChI=1S/C14H19ClN2O/c1-9-7-17(8-10(9)2)14(18)12-6-11(15)4-5-13(12)16-3/h4-6,9-10,16H,7-8H2,1-3H3. The van der Waals surface area contributed by atoms with Gasteiger partial charge in [-0.3, -0.25) is 4.79 Å². The molecule has 0 radical (unpaired) electrons. The zero-order valence-electron chi connectivity index (χ0n) is 11.0. The Labute approximate surface area is 113 Å². The minimum Gasteiger partial charge on any atom is -0.387 e. The fourth-order valence-electron chi connectivity index (χ4n) is 2.38. The van der Waals surface area contributed by atoms with Gasteiger partial charge in [-0.2, -0.15) is 0 Å². The number of benzene rings is 1. The van der Waals surface area contributed by atoms with Crippen molar-refractivity contribution < 1.29 is 4.79 Å². The molecule has 1 aromatic carbocycles. The molecule has 1 amide bonds. The van der Waals surface area contributed by atoms with E-state index in [-0.39, 0.29) is 5.91 Å². The summed E-state index contributed by atoms with van der Waals surface area (Å²) in [5, 5.41) is 3.64. The summed E-state index contributed by atoms with van der Waals surface area (Å²) < 4.78 is 0. The summed E-state index contributed by atoms with van der Waals surface area (Å²) in [5.74, 6) is 1.19. The van der Waals surface area contributed by atoms with Crippen molar-refractivity contribution in [3.63, 3.8) is 0 Å². The maximum Gasteiger partial charge on any atom is 0.256 e. The van der Waals surface area contributed by atoms with Crippen molar-refractivity contribution in [3.8, 4) is 0 Å². The third kappa shape index (κ3) is 2.46. The van der Waals surface area contributed by atoms with Crippen LogP contribution in [-0.4, -0.2) is 30.9 Å². The van der Waals surface area contributed by atoms with Crippen molar-refractivity contribution in [1.29, 1.82) is 0 Å². The highest BCUT2D eigenvalue weighted by atomic mass is 35.5. The monoisotopic (exact) mass is 266 g/mol. The van der Waals surface area contributed by atoms with Crippen LogP contribution < -0.4 is 5.32 Å². The molecule has 1 aliphatic heterocycles. The number of anilines is 1. The van der Waals surface area contributed by atoms with Crippen LogP contribution in [-0.2, 0) is 0 Å². The molecule has 98 valence electrons. The highest BCUT2D eigenvalue weighted by Gasteiger charge is 2.30. The Morgan fingerprint density at radius 3 is 2.50 bits per heavy atom. The lowest BCUT2D eigenvalue weighted by Crippen LogP contribution is -2.29. The Bertz CT molecular complexity index is 451. The van der Waals surface area contributed by atoms with Gasteiger partial charge in [0.1, 0.15) is 0 Å². The van der Waals surface area contributed by atoms with E-state index in [1.165, 1.54) is 0 Å². The van der Waals surface area contributed by atoms with E-state index in [2.05, 4.69) is 19.2 Å².